The lowest BCUT2D eigenvalue weighted by Gasteiger charge is -2.18. The van der Waals surface area contributed by atoms with Crippen molar-refractivity contribution in [1.82, 2.24) is 4.72 Å². The summed E-state index contributed by atoms with van der Waals surface area (Å²) in [4.78, 5) is 23.4. The first kappa shape index (κ1) is 20.9. The Morgan fingerprint density at radius 2 is 1.48 bits per heavy atom. The number of rotatable bonds is 7. The third kappa shape index (κ3) is 7.38. The second-order valence-electron chi connectivity index (χ2n) is 6.00. The Bertz CT molecular complexity index is 913. The van der Waals surface area contributed by atoms with Gasteiger partial charge in [-0.15, -0.1) is 0 Å². The maximum absolute atomic E-state index is 12.4. The molecule has 0 aliphatic heterocycles. The van der Waals surface area contributed by atoms with Gasteiger partial charge in [0, 0.05) is 29.7 Å². The summed E-state index contributed by atoms with van der Waals surface area (Å²) in [6, 6.07) is 12.5. The van der Waals surface area contributed by atoms with Crippen molar-refractivity contribution >= 4 is 44.8 Å². The standard InChI is InChI=1S/C18H20ClN3O4S/c1-12(23)20-15-7-9-16(10-8-15)21-18(24)11-17(22-27(2,25)26)13-3-5-14(19)6-4-13/h3-10,17,22H,11H2,1-2H3,(H,20,23)(H,21,24)/t17-/m1/s1. The minimum atomic E-state index is -3.52. The number of hydrogen-bond donors (Lipinski definition) is 3. The number of carbonyl (C=O) groups is 2. The van der Waals surface area contributed by atoms with Crippen LogP contribution in [-0.2, 0) is 19.6 Å². The van der Waals surface area contributed by atoms with E-state index in [-0.39, 0.29) is 18.2 Å². The third-order valence-corrected chi connectivity index (χ3v) is 4.47. The van der Waals surface area contributed by atoms with E-state index in [9.17, 15) is 18.0 Å². The molecule has 3 N–H and O–H groups in total. The number of amides is 2. The SMILES string of the molecule is CC(=O)Nc1ccc(NC(=O)C[C@@H](NS(C)(=O)=O)c2ccc(Cl)cc2)cc1. The fourth-order valence-corrected chi connectivity index (χ4v) is 3.28. The summed E-state index contributed by atoms with van der Waals surface area (Å²) in [6.45, 7) is 1.40. The summed E-state index contributed by atoms with van der Waals surface area (Å²) in [7, 11) is -3.52. The van der Waals surface area contributed by atoms with Crippen LogP contribution < -0.4 is 15.4 Å². The van der Waals surface area contributed by atoms with Crippen molar-refractivity contribution in [2.45, 2.75) is 19.4 Å². The Kier molecular flexibility index (Phi) is 6.95. The monoisotopic (exact) mass is 409 g/mol. The van der Waals surface area contributed by atoms with Gasteiger partial charge in [-0.05, 0) is 42.0 Å². The van der Waals surface area contributed by atoms with E-state index in [1.807, 2.05) is 0 Å². The van der Waals surface area contributed by atoms with Crippen LogP contribution in [0.15, 0.2) is 48.5 Å². The molecule has 0 heterocycles. The van der Waals surface area contributed by atoms with Gasteiger partial charge in [-0.2, -0.15) is 0 Å². The molecular formula is C18H20ClN3O4S. The zero-order valence-electron chi connectivity index (χ0n) is 14.8. The number of anilines is 2. The van der Waals surface area contributed by atoms with E-state index in [0.717, 1.165) is 6.26 Å². The van der Waals surface area contributed by atoms with Crippen molar-refractivity contribution < 1.29 is 18.0 Å². The average Bonchev–Trinajstić information content (AvgIpc) is 2.55. The fourth-order valence-electron chi connectivity index (χ4n) is 2.42. The Morgan fingerprint density at radius 3 is 1.96 bits per heavy atom. The van der Waals surface area contributed by atoms with Crippen LogP contribution in [0.2, 0.25) is 5.02 Å². The molecule has 2 amide bonds. The van der Waals surface area contributed by atoms with Gasteiger partial charge in [-0.25, -0.2) is 13.1 Å². The molecule has 7 nitrogen and oxygen atoms in total. The van der Waals surface area contributed by atoms with Crippen LogP contribution in [0.1, 0.15) is 24.9 Å². The minimum absolute atomic E-state index is 0.0951. The summed E-state index contributed by atoms with van der Waals surface area (Å²) in [5.74, 6) is -0.553. The van der Waals surface area contributed by atoms with Gasteiger partial charge in [0.2, 0.25) is 21.8 Å². The molecule has 0 aliphatic carbocycles. The predicted molar refractivity (Wildman–Crippen MR) is 106 cm³/mol. The largest absolute Gasteiger partial charge is 0.326 e. The van der Waals surface area contributed by atoms with E-state index in [1.165, 1.54) is 6.92 Å². The van der Waals surface area contributed by atoms with Crippen molar-refractivity contribution in [3.8, 4) is 0 Å². The van der Waals surface area contributed by atoms with Crippen LogP contribution in [0.4, 0.5) is 11.4 Å². The Hall–Kier alpha value is -2.42. The summed E-state index contributed by atoms with van der Waals surface area (Å²) in [5.41, 5.74) is 1.77. The van der Waals surface area contributed by atoms with Gasteiger partial charge in [-0.1, -0.05) is 23.7 Å². The maximum Gasteiger partial charge on any atom is 0.226 e. The molecular weight excluding hydrogens is 390 g/mol. The predicted octanol–water partition coefficient (Wildman–Crippen LogP) is 2.92. The number of halogens is 1. The molecule has 2 rings (SSSR count). The molecule has 0 bridgehead atoms. The van der Waals surface area contributed by atoms with Crippen LogP contribution in [0.5, 0.6) is 0 Å². The molecule has 1 atom stereocenters. The molecule has 2 aromatic rings. The van der Waals surface area contributed by atoms with Crippen LogP contribution in [0.3, 0.4) is 0 Å². The van der Waals surface area contributed by atoms with Gasteiger partial charge in [0.05, 0.1) is 12.3 Å². The Morgan fingerprint density at radius 1 is 0.963 bits per heavy atom. The zero-order chi connectivity index (χ0) is 20.0. The van der Waals surface area contributed by atoms with Gasteiger partial charge < -0.3 is 10.6 Å². The second kappa shape index (κ2) is 8.98. The first-order chi connectivity index (χ1) is 12.6. The highest BCUT2D eigenvalue weighted by molar-refractivity contribution is 7.88. The van der Waals surface area contributed by atoms with Crippen molar-refractivity contribution in [3.05, 3.63) is 59.1 Å². The van der Waals surface area contributed by atoms with Crippen LogP contribution in [-0.4, -0.2) is 26.5 Å². The Labute approximate surface area is 163 Å². The number of sulfonamides is 1. The highest BCUT2D eigenvalue weighted by Gasteiger charge is 2.20. The average molecular weight is 410 g/mol. The van der Waals surface area contributed by atoms with E-state index >= 15 is 0 Å². The van der Waals surface area contributed by atoms with Crippen LogP contribution in [0, 0.1) is 0 Å². The fraction of sp³-hybridized carbons (Fsp3) is 0.222. The van der Waals surface area contributed by atoms with Crippen molar-refractivity contribution in [2.75, 3.05) is 16.9 Å². The topological polar surface area (TPSA) is 104 Å². The number of hydrogen-bond acceptors (Lipinski definition) is 4. The molecule has 0 unspecified atom stereocenters. The Balaban J connectivity index is 2.08. The quantitative estimate of drug-likeness (QED) is 0.653. The molecule has 0 saturated heterocycles. The molecule has 27 heavy (non-hydrogen) atoms. The summed E-state index contributed by atoms with van der Waals surface area (Å²) < 4.78 is 25.7. The molecule has 0 spiro atoms. The molecule has 0 aromatic heterocycles. The molecule has 0 fully saturated rings. The van der Waals surface area contributed by atoms with E-state index in [1.54, 1.807) is 48.5 Å². The number of benzene rings is 2. The lowest BCUT2D eigenvalue weighted by Crippen LogP contribution is -2.30. The summed E-state index contributed by atoms with van der Waals surface area (Å²) in [6.07, 6.45) is 0.941. The first-order valence-corrected chi connectivity index (χ1v) is 10.3. The molecule has 9 heteroatoms. The van der Waals surface area contributed by atoms with Crippen molar-refractivity contribution in [3.63, 3.8) is 0 Å². The summed E-state index contributed by atoms with van der Waals surface area (Å²) >= 11 is 5.86. The van der Waals surface area contributed by atoms with E-state index in [2.05, 4.69) is 15.4 Å². The van der Waals surface area contributed by atoms with Crippen LogP contribution in [0.25, 0.3) is 0 Å². The zero-order valence-corrected chi connectivity index (χ0v) is 16.4. The number of carbonyl (C=O) groups excluding carboxylic acids is 2. The van der Waals surface area contributed by atoms with Gasteiger partial charge in [0.25, 0.3) is 0 Å². The highest BCUT2D eigenvalue weighted by Crippen LogP contribution is 2.21. The third-order valence-electron chi connectivity index (χ3n) is 3.51. The minimum Gasteiger partial charge on any atom is -0.326 e. The van der Waals surface area contributed by atoms with Crippen LogP contribution >= 0.6 is 11.6 Å². The maximum atomic E-state index is 12.4. The first-order valence-electron chi connectivity index (χ1n) is 8.02. The molecule has 0 saturated carbocycles. The van der Waals surface area contributed by atoms with E-state index < -0.39 is 16.1 Å². The van der Waals surface area contributed by atoms with E-state index in [4.69, 9.17) is 11.6 Å². The molecule has 0 aliphatic rings. The van der Waals surface area contributed by atoms with Gasteiger partial charge in [-0.3, -0.25) is 9.59 Å². The normalized spacial score (nSPS) is 12.3. The van der Waals surface area contributed by atoms with Crippen molar-refractivity contribution in [1.29, 1.82) is 0 Å². The molecule has 144 valence electrons. The lowest BCUT2D eigenvalue weighted by molar-refractivity contribution is -0.116. The lowest BCUT2D eigenvalue weighted by atomic mass is 10.0. The molecule has 0 radical (unpaired) electrons. The van der Waals surface area contributed by atoms with Gasteiger partial charge >= 0.3 is 0 Å². The summed E-state index contributed by atoms with van der Waals surface area (Å²) in [5, 5.41) is 5.85. The highest BCUT2D eigenvalue weighted by atomic mass is 35.5. The smallest absolute Gasteiger partial charge is 0.226 e. The van der Waals surface area contributed by atoms with Gasteiger partial charge in [0.15, 0.2) is 0 Å². The van der Waals surface area contributed by atoms with Gasteiger partial charge in [0.1, 0.15) is 0 Å². The number of nitrogens with one attached hydrogen (secondary N) is 3. The molecule has 2 aromatic carbocycles. The van der Waals surface area contributed by atoms with Crippen molar-refractivity contribution in [2.24, 2.45) is 0 Å². The van der Waals surface area contributed by atoms with E-state index in [0.29, 0.717) is 22.0 Å². The second-order valence-corrected chi connectivity index (χ2v) is 8.22.